The van der Waals surface area contributed by atoms with E-state index in [1.165, 1.54) is 4.90 Å². The predicted molar refractivity (Wildman–Crippen MR) is 74.8 cm³/mol. The molecule has 1 N–H and O–H groups in total. The largest absolute Gasteiger partial charge is 0.481 e. The lowest BCUT2D eigenvalue weighted by Gasteiger charge is -2.25. The van der Waals surface area contributed by atoms with Gasteiger partial charge in [-0.05, 0) is 25.5 Å². The molecule has 0 spiro atoms. The van der Waals surface area contributed by atoms with Crippen molar-refractivity contribution in [2.45, 2.75) is 19.4 Å². The minimum absolute atomic E-state index is 0.0859. The fourth-order valence-electron chi connectivity index (χ4n) is 2.58. The number of hydrogen-bond acceptors (Lipinski definition) is 4. The van der Waals surface area contributed by atoms with E-state index in [2.05, 4.69) is 4.98 Å². The van der Waals surface area contributed by atoms with Gasteiger partial charge in [0.1, 0.15) is 5.69 Å². The summed E-state index contributed by atoms with van der Waals surface area (Å²) < 4.78 is 0. The lowest BCUT2D eigenvalue weighted by Crippen LogP contribution is -2.33. The maximum atomic E-state index is 11.9. The molecule has 2 rings (SSSR count). The van der Waals surface area contributed by atoms with E-state index in [1.807, 2.05) is 17.9 Å². The summed E-state index contributed by atoms with van der Waals surface area (Å²) in [7, 11) is 3.35. The lowest BCUT2D eigenvalue weighted by molar-refractivity contribution is -0.141. The number of nitrogens with zero attached hydrogens (tertiary/aromatic N) is 3. The summed E-state index contributed by atoms with van der Waals surface area (Å²) in [6, 6.07) is 3.45. The summed E-state index contributed by atoms with van der Waals surface area (Å²) in [4.78, 5) is 30.6. The standard InChI is InChI=1S/C14H19N3O3/c1-9-11(14(19)20)5-7-17(9)10-4-6-15-12(8-10)13(18)16(2)3/h4,6,8-9,11H,5,7H2,1-3H3,(H,19,20). The Morgan fingerprint density at radius 1 is 1.45 bits per heavy atom. The Bertz CT molecular complexity index is 530. The van der Waals surface area contributed by atoms with Crippen molar-refractivity contribution >= 4 is 17.6 Å². The second-order valence-corrected chi connectivity index (χ2v) is 5.27. The number of hydrogen-bond donors (Lipinski definition) is 1. The molecule has 1 aromatic heterocycles. The number of carboxylic acid groups (broad SMARTS) is 1. The molecule has 1 saturated heterocycles. The average molecular weight is 277 g/mol. The van der Waals surface area contributed by atoms with E-state index in [1.54, 1.807) is 26.4 Å². The van der Waals surface area contributed by atoms with E-state index in [0.717, 1.165) is 5.69 Å². The summed E-state index contributed by atoms with van der Waals surface area (Å²) >= 11 is 0. The normalized spacial score (nSPS) is 21.9. The van der Waals surface area contributed by atoms with Crippen LogP contribution < -0.4 is 4.90 Å². The second kappa shape index (κ2) is 5.48. The van der Waals surface area contributed by atoms with Gasteiger partial charge in [0.2, 0.25) is 0 Å². The molecule has 1 amide bonds. The fourth-order valence-corrected chi connectivity index (χ4v) is 2.58. The van der Waals surface area contributed by atoms with Gasteiger partial charge in [0.05, 0.1) is 5.92 Å². The Balaban J connectivity index is 2.24. The van der Waals surface area contributed by atoms with Crippen molar-refractivity contribution in [1.29, 1.82) is 0 Å². The fraction of sp³-hybridized carbons (Fsp3) is 0.500. The van der Waals surface area contributed by atoms with E-state index in [9.17, 15) is 9.59 Å². The number of carbonyl (C=O) groups excluding carboxylic acids is 1. The number of carboxylic acids is 1. The van der Waals surface area contributed by atoms with Crippen molar-refractivity contribution in [1.82, 2.24) is 9.88 Å². The van der Waals surface area contributed by atoms with Gasteiger partial charge in [0, 0.05) is 38.6 Å². The Morgan fingerprint density at radius 3 is 2.70 bits per heavy atom. The van der Waals surface area contributed by atoms with E-state index in [0.29, 0.717) is 18.7 Å². The molecule has 108 valence electrons. The first-order valence-corrected chi connectivity index (χ1v) is 6.59. The first-order chi connectivity index (χ1) is 9.41. The van der Waals surface area contributed by atoms with E-state index in [4.69, 9.17) is 5.11 Å². The lowest BCUT2D eigenvalue weighted by atomic mass is 10.0. The Hall–Kier alpha value is -2.11. The zero-order chi connectivity index (χ0) is 14.9. The van der Waals surface area contributed by atoms with Crippen LogP contribution in [0.1, 0.15) is 23.8 Å². The smallest absolute Gasteiger partial charge is 0.308 e. The summed E-state index contributed by atoms with van der Waals surface area (Å²) in [6.45, 7) is 2.58. The van der Waals surface area contributed by atoms with Crippen LogP contribution in [-0.4, -0.2) is 53.5 Å². The third-order valence-corrected chi connectivity index (χ3v) is 3.77. The monoisotopic (exact) mass is 277 g/mol. The van der Waals surface area contributed by atoms with Crippen LogP contribution in [0.3, 0.4) is 0 Å². The van der Waals surface area contributed by atoms with Gasteiger partial charge >= 0.3 is 5.97 Å². The van der Waals surface area contributed by atoms with Gasteiger partial charge in [-0.25, -0.2) is 0 Å². The zero-order valence-corrected chi connectivity index (χ0v) is 11.9. The Labute approximate surface area is 118 Å². The molecular formula is C14H19N3O3. The van der Waals surface area contributed by atoms with Gasteiger partial charge in [-0.2, -0.15) is 0 Å². The third-order valence-electron chi connectivity index (χ3n) is 3.77. The molecule has 0 radical (unpaired) electrons. The summed E-state index contributed by atoms with van der Waals surface area (Å²) in [5.74, 6) is -1.29. The molecule has 0 aliphatic carbocycles. The molecule has 0 bridgehead atoms. The molecule has 6 nitrogen and oxygen atoms in total. The van der Waals surface area contributed by atoms with Crippen molar-refractivity contribution in [3.05, 3.63) is 24.0 Å². The second-order valence-electron chi connectivity index (χ2n) is 5.27. The van der Waals surface area contributed by atoms with E-state index < -0.39 is 5.97 Å². The van der Waals surface area contributed by atoms with Crippen LogP contribution in [0.15, 0.2) is 18.3 Å². The van der Waals surface area contributed by atoms with Gasteiger partial charge in [0.25, 0.3) is 5.91 Å². The molecule has 20 heavy (non-hydrogen) atoms. The number of aromatic nitrogens is 1. The Morgan fingerprint density at radius 2 is 2.15 bits per heavy atom. The van der Waals surface area contributed by atoms with Crippen LogP contribution in [0, 0.1) is 5.92 Å². The molecular weight excluding hydrogens is 258 g/mol. The maximum Gasteiger partial charge on any atom is 0.308 e. The maximum absolute atomic E-state index is 11.9. The quantitative estimate of drug-likeness (QED) is 0.895. The van der Waals surface area contributed by atoms with Crippen LogP contribution in [-0.2, 0) is 4.79 Å². The number of amides is 1. The number of pyridine rings is 1. The zero-order valence-electron chi connectivity index (χ0n) is 11.9. The van der Waals surface area contributed by atoms with E-state index in [-0.39, 0.29) is 17.9 Å². The van der Waals surface area contributed by atoms with Crippen molar-refractivity contribution in [3.63, 3.8) is 0 Å². The van der Waals surface area contributed by atoms with Gasteiger partial charge in [-0.15, -0.1) is 0 Å². The minimum Gasteiger partial charge on any atom is -0.481 e. The van der Waals surface area contributed by atoms with Crippen LogP contribution in [0.5, 0.6) is 0 Å². The number of anilines is 1. The molecule has 2 atom stereocenters. The average Bonchev–Trinajstić information content (AvgIpc) is 2.80. The molecule has 1 fully saturated rings. The van der Waals surface area contributed by atoms with Crippen LogP contribution in [0.4, 0.5) is 5.69 Å². The molecule has 6 heteroatoms. The molecule has 1 aliphatic rings. The SMILES string of the molecule is CC1C(C(=O)O)CCN1c1ccnc(C(=O)N(C)C)c1. The van der Waals surface area contributed by atoms with Gasteiger partial charge < -0.3 is 14.9 Å². The van der Waals surface area contributed by atoms with Gasteiger partial charge in [-0.3, -0.25) is 14.6 Å². The highest BCUT2D eigenvalue weighted by Gasteiger charge is 2.35. The third kappa shape index (κ3) is 2.59. The molecule has 2 unspecified atom stereocenters. The number of carbonyl (C=O) groups is 2. The van der Waals surface area contributed by atoms with Crippen molar-refractivity contribution in [3.8, 4) is 0 Å². The first-order valence-electron chi connectivity index (χ1n) is 6.59. The summed E-state index contributed by atoms with van der Waals surface area (Å²) in [6.07, 6.45) is 2.21. The highest BCUT2D eigenvalue weighted by Crippen LogP contribution is 2.30. The molecule has 0 aromatic carbocycles. The minimum atomic E-state index is -0.765. The summed E-state index contributed by atoms with van der Waals surface area (Å²) in [5.41, 5.74) is 1.22. The summed E-state index contributed by atoms with van der Waals surface area (Å²) in [5, 5.41) is 9.16. The van der Waals surface area contributed by atoms with Crippen LogP contribution in [0.25, 0.3) is 0 Å². The molecule has 1 aromatic rings. The highest BCUT2D eigenvalue weighted by atomic mass is 16.4. The highest BCUT2D eigenvalue weighted by molar-refractivity contribution is 5.92. The first kappa shape index (κ1) is 14.3. The molecule has 2 heterocycles. The van der Waals surface area contributed by atoms with Gasteiger partial charge in [-0.1, -0.05) is 0 Å². The topological polar surface area (TPSA) is 73.7 Å². The van der Waals surface area contributed by atoms with Crippen LogP contribution >= 0.6 is 0 Å². The molecule has 0 saturated carbocycles. The van der Waals surface area contributed by atoms with Gasteiger partial charge in [0.15, 0.2) is 0 Å². The van der Waals surface area contributed by atoms with Crippen molar-refractivity contribution in [2.24, 2.45) is 5.92 Å². The van der Waals surface area contributed by atoms with Crippen molar-refractivity contribution in [2.75, 3.05) is 25.5 Å². The Kier molecular flexibility index (Phi) is 3.92. The van der Waals surface area contributed by atoms with Crippen LogP contribution in [0.2, 0.25) is 0 Å². The number of rotatable bonds is 3. The van der Waals surface area contributed by atoms with E-state index >= 15 is 0 Å². The number of aliphatic carboxylic acids is 1. The van der Waals surface area contributed by atoms with Crippen molar-refractivity contribution < 1.29 is 14.7 Å². The molecule has 1 aliphatic heterocycles. The predicted octanol–water partition coefficient (Wildman–Crippen LogP) is 1.08.